The fraction of sp³-hybridized carbons (Fsp3) is 0.471. The lowest BCUT2D eigenvalue weighted by atomic mass is 10.1. The molecule has 2 aromatic rings. The predicted molar refractivity (Wildman–Crippen MR) is 85.4 cm³/mol. The van der Waals surface area contributed by atoms with Gasteiger partial charge in [-0.25, -0.2) is 4.68 Å². The number of hydrogen-bond donors (Lipinski definition) is 2. The number of aliphatic hydroxyl groups is 1. The van der Waals surface area contributed by atoms with Crippen molar-refractivity contribution in [1.29, 1.82) is 0 Å². The minimum absolute atomic E-state index is 0.171. The second kappa shape index (κ2) is 7.38. The first-order valence-corrected chi connectivity index (χ1v) is 7.57. The Balaban J connectivity index is 1.92. The van der Waals surface area contributed by atoms with E-state index in [-0.39, 0.29) is 12.1 Å². The molecule has 0 fully saturated rings. The lowest BCUT2D eigenvalue weighted by Crippen LogP contribution is -2.29. The molecule has 0 saturated heterocycles. The normalized spacial score (nSPS) is 14.3. The van der Waals surface area contributed by atoms with Crippen LogP contribution in [0, 0.1) is 5.92 Å². The van der Waals surface area contributed by atoms with Crippen LogP contribution in [0.2, 0.25) is 0 Å². The van der Waals surface area contributed by atoms with Crippen LogP contribution in [-0.4, -0.2) is 27.5 Å². The molecule has 2 rings (SSSR count). The summed E-state index contributed by atoms with van der Waals surface area (Å²) in [6.45, 7) is 6.94. The van der Waals surface area contributed by atoms with Crippen molar-refractivity contribution >= 4 is 0 Å². The molecule has 4 nitrogen and oxygen atoms in total. The highest BCUT2D eigenvalue weighted by Gasteiger charge is 2.12. The molecule has 114 valence electrons. The SMILES string of the molecule is CC(C)CC(O)CNC(C)c1cnn(-c2ccccc2)c1. The Morgan fingerprint density at radius 2 is 1.90 bits per heavy atom. The van der Waals surface area contributed by atoms with Gasteiger partial charge in [-0.15, -0.1) is 0 Å². The van der Waals surface area contributed by atoms with Crippen molar-refractivity contribution in [2.45, 2.75) is 39.3 Å². The molecule has 0 aliphatic rings. The van der Waals surface area contributed by atoms with Crippen LogP contribution in [0.3, 0.4) is 0 Å². The van der Waals surface area contributed by atoms with Gasteiger partial charge in [0.25, 0.3) is 0 Å². The molecule has 4 heteroatoms. The van der Waals surface area contributed by atoms with Gasteiger partial charge in [-0.2, -0.15) is 5.10 Å². The lowest BCUT2D eigenvalue weighted by molar-refractivity contribution is 0.143. The van der Waals surface area contributed by atoms with Gasteiger partial charge >= 0.3 is 0 Å². The van der Waals surface area contributed by atoms with E-state index in [1.165, 1.54) is 0 Å². The van der Waals surface area contributed by atoms with Crippen molar-refractivity contribution in [3.05, 3.63) is 48.3 Å². The molecule has 1 heterocycles. The molecule has 0 radical (unpaired) electrons. The van der Waals surface area contributed by atoms with Gasteiger partial charge in [-0.05, 0) is 31.4 Å². The molecular formula is C17H25N3O. The van der Waals surface area contributed by atoms with Gasteiger partial charge in [0.05, 0.1) is 18.0 Å². The molecule has 0 bridgehead atoms. The van der Waals surface area contributed by atoms with Gasteiger partial charge in [0.2, 0.25) is 0 Å². The number of aliphatic hydroxyl groups excluding tert-OH is 1. The number of aromatic nitrogens is 2. The Labute approximate surface area is 126 Å². The van der Waals surface area contributed by atoms with E-state index in [0.717, 1.165) is 17.7 Å². The zero-order valence-electron chi connectivity index (χ0n) is 13.0. The molecule has 1 aromatic heterocycles. The molecule has 2 atom stereocenters. The van der Waals surface area contributed by atoms with Crippen molar-refractivity contribution in [2.24, 2.45) is 5.92 Å². The van der Waals surface area contributed by atoms with Gasteiger partial charge < -0.3 is 10.4 Å². The fourth-order valence-corrected chi connectivity index (χ4v) is 2.34. The monoisotopic (exact) mass is 287 g/mol. The Hall–Kier alpha value is -1.65. The third kappa shape index (κ3) is 4.69. The highest BCUT2D eigenvalue weighted by Crippen LogP contribution is 2.14. The molecule has 21 heavy (non-hydrogen) atoms. The van der Waals surface area contributed by atoms with E-state index in [0.29, 0.717) is 12.5 Å². The first-order chi connectivity index (χ1) is 10.1. The van der Waals surface area contributed by atoms with Crippen molar-refractivity contribution in [3.8, 4) is 5.69 Å². The molecule has 2 unspecified atom stereocenters. The minimum atomic E-state index is -0.295. The average molecular weight is 287 g/mol. The number of hydrogen-bond acceptors (Lipinski definition) is 3. The Morgan fingerprint density at radius 3 is 2.57 bits per heavy atom. The van der Waals surface area contributed by atoms with E-state index in [1.807, 2.05) is 47.4 Å². The zero-order chi connectivity index (χ0) is 15.2. The van der Waals surface area contributed by atoms with Crippen LogP contribution in [0.15, 0.2) is 42.7 Å². The van der Waals surface area contributed by atoms with Crippen LogP contribution < -0.4 is 5.32 Å². The smallest absolute Gasteiger partial charge is 0.0667 e. The largest absolute Gasteiger partial charge is 0.392 e. The van der Waals surface area contributed by atoms with Crippen LogP contribution in [0.25, 0.3) is 5.69 Å². The van der Waals surface area contributed by atoms with E-state index in [4.69, 9.17) is 0 Å². The van der Waals surface area contributed by atoms with Crippen molar-refractivity contribution < 1.29 is 5.11 Å². The second-order valence-electron chi connectivity index (χ2n) is 5.97. The van der Waals surface area contributed by atoms with Crippen LogP contribution in [0.4, 0.5) is 0 Å². The Morgan fingerprint density at radius 1 is 1.19 bits per heavy atom. The summed E-state index contributed by atoms with van der Waals surface area (Å²) in [5, 5.41) is 17.7. The van der Waals surface area contributed by atoms with Crippen LogP contribution in [0.5, 0.6) is 0 Å². The van der Waals surface area contributed by atoms with Crippen LogP contribution in [0.1, 0.15) is 38.8 Å². The summed E-state index contributed by atoms with van der Waals surface area (Å²) < 4.78 is 1.87. The number of rotatable bonds is 7. The summed E-state index contributed by atoms with van der Waals surface area (Å²) in [5.41, 5.74) is 2.17. The third-order valence-electron chi connectivity index (χ3n) is 3.53. The summed E-state index contributed by atoms with van der Waals surface area (Å²) in [7, 11) is 0. The number of nitrogens with zero attached hydrogens (tertiary/aromatic N) is 2. The van der Waals surface area contributed by atoms with Gasteiger partial charge in [0.15, 0.2) is 0 Å². The lowest BCUT2D eigenvalue weighted by Gasteiger charge is -2.17. The topological polar surface area (TPSA) is 50.1 Å². The number of para-hydroxylation sites is 1. The van der Waals surface area contributed by atoms with Gasteiger partial charge in [-0.1, -0.05) is 32.0 Å². The second-order valence-corrected chi connectivity index (χ2v) is 5.97. The molecule has 2 N–H and O–H groups in total. The van der Waals surface area contributed by atoms with E-state index < -0.39 is 0 Å². The maximum absolute atomic E-state index is 9.92. The van der Waals surface area contributed by atoms with Crippen molar-refractivity contribution in [2.75, 3.05) is 6.54 Å². The van der Waals surface area contributed by atoms with Gasteiger partial charge in [0.1, 0.15) is 0 Å². The molecule has 0 saturated carbocycles. The molecule has 0 spiro atoms. The summed E-state index contributed by atoms with van der Waals surface area (Å²) in [5.74, 6) is 0.512. The molecule has 0 amide bonds. The zero-order valence-corrected chi connectivity index (χ0v) is 13.0. The maximum Gasteiger partial charge on any atom is 0.0667 e. The molecule has 0 aliphatic heterocycles. The third-order valence-corrected chi connectivity index (χ3v) is 3.53. The Kier molecular flexibility index (Phi) is 5.53. The molecular weight excluding hydrogens is 262 g/mol. The first-order valence-electron chi connectivity index (χ1n) is 7.57. The minimum Gasteiger partial charge on any atom is -0.392 e. The van der Waals surface area contributed by atoms with Crippen LogP contribution in [-0.2, 0) is 0 Å². The first kappa shape index (κ1) is 15.7. The van der Waals surface area contributed by atoms with Crippen molar-refractivity contribution in [3.63, 3.8) is 0 Å². The molecule has 0 aliphatic carbocycles. The Bertz CT molecular complexity index is 536. The number of nitrogens with one attached hydrogen (secondary N) is 1. The average Bonchev–Trinajstić information content (AvgIpc) is 2.95. The number of benzene rings is 1. The fourth-order valence-electron chi connectivity index (χ4n) is 2.34. The van der Waals surface area contributed by atoms with E-state index in [1.54, 1.807) is 0 Å². The maximum atomic E-state index is 9.92. The van der Waals surface area contributed by atoms with E-state index in [9.17, 15) is 5.11 Å². The van der Waals surface area contributed by atoms with Gasteiger partial charge in [-0.3, -0.25) is 0 Å². The predicted octanol–water partition coefficient (Wildman–Crippen LogP) is 2.93. The quantitative estimate of drug-likeness (QED) is 0.823. The summed E-state index contributed by atoms with van der Waals surface area (Å²) >= 11 is 0. The van der Waals surface area contributed by atoms with Gasteiger partial charge in [0, 0.05) is 24.3 Å². The molecule has 1 aromatic carbocycles. The summed E-state index contributed by atoms with van der Waals surface area (Å²) in [6.07, 6.45) is 4.43. The summed E-state index contributed by atoms with van der Waals surface area (Å²) in [6, 6.07) is 10.2. The van der Waals surface area contributed by atoms with E-state index >= 15 is 0 Å². The standard InChI is InChI=1S/C17H25N3O/c1-13(2)9-17(21)11-18-14(3)15-10-19-20(12-15)16-7-5-4-6-8-16/h4-8,10,12-14,17-18,21H,9,11H2,1-3H3. The van der Waals surface area contributed by atoms with E-state index in [2.05, 4.69) is 31.2 Å². The van der Waals surface area contributed by atoms with Crippen LogP contribution >= 0.6 is 0 Å². The highest BCUT2D eigenvalue weighted by molar-refractivity contribution is 5.31. The highest BCUT2D eigenvalue weighted by atomic mass is 16.3. The summed E-state index contributed by atoms with van der Waals surface area (Å²) in [4.78, 5) is 0. The van der Waals surface area contributed by atoms with Crippen molar-refractivity contribution in [1.82, 2.24) is 15.1 Å².